The fourth-order valence-electron chi connectivity index (χ4n) is 0.880. The molecule has 1 aliphatic rings. The van der Waals surface area contributed by atoms with Crippen LogP contribution in [0.15, 0.2) is 10.1 Å². The summed E-state index contributed by atoms with van der Waals surface area (Å²) in [5.74, 6) is -0.480. The van der Waals surface area contributed by atoms with E-state index in [0.717, 1.165) is 0 Å². The molecule has 1 atom stereocenters. The summed E-state index contributed by atoms with van der Waals surface area (Å²) < 4.78 is 0. The Morgan fingerprint density at radius 1 is 1.62 bits per heavy atom. The van der Waals surface area contributed by atoms with Gasteiger partial charge < -0.3 is 4.79 Å². The largest absolute Gasteiger partial charge is 0.302 e. The maximum absolute atomic E-state index is 11.1. The lowest BCUT2D eigenvalue weighted by Crippen LogP contribution is -2.51. The molecule has 72 valence electrons. The van der Waals surface area contributed by atoms with Crippen LogP contribution in [-0.2, 0) is 9.59 Å². The maximum Gasteiger partial charge on any atom is 0.278 e. The predicted molar refractivity (Wildman–Crippen MR) is 49.1 cm³/mol. The molecule has 0 spiro atoms. The van der Waals surface area contributed by atoms with Gasteiger partial charge in [-0.15, -0.1) is 0 Å². The lowest BCUT2D eigenvalue weighted by atomic mass is 10.3. The second-order valence-corrected chi connectivity index (χ2v) is 3.50. The molecule has 4 nitrogen and oxygen atoms in total. The molecule has 1 N–H and O–H groups in total. The zero-order valence-corrected chi connectivity index (χ0v) is 8.39. The molecule has 1 unspecified atom stereocenters. The lowest BCUT2D eigenvalue weighted by Gasteiger charge is -2.29. The van der Waals surface area contributed by atoms with Crippen molar-refractivity contribution in [2.75, 3.05) is 6.54 Å². The minimum Gasteiger partial charge on any atom is -0.302 e. The Morgan fingerprint density at radius 3 is 2.69 bits per heavy atom. The van der Waals surface area contributed by atoms with Crippen LogP contribution in [-0.4, -0.2) is 29.8 Å². The summed E-state index contributed by atoms with van der Waals surface area (Å²) in [5.41, 5.74) is 2.44. The molecule has 0 aliphatic carbocycles. The summed E-state index contributed by atoms with van der Waals surface area (Å²) in [5, 5.41) is 1.65. The van der Waals surface area contributed by atoms with Crippen molar-refractivity contribution >= 4 is 35.4 Å². The average Bonchev–Trinajstić information content (AvgIpc) is 2.12. The number of hydrogen-bond acceptors (Lipinski definition) is 3. The Hall–Kier alpha value is -0.580. The first-order chi connectivity index (χ1) is 6.06. The molecule has 1 rings (SSSR count). The molecule has 0 aromatic rings. The summed E-state index contributed by atoms with van der Waals surface area (Å²) in [6, 6.07) is -0.414. The predicted octanol–water partition coefficient (Wildman–Crippen LogP) is 0.610. The van der Waals surface area contributed by atoms with E-state index in [9.17, 15) is 9.59 Å². The van der Waals surface area contributed by atoms with E-state index in [1.54, 1.807) is 6.92 Å². The number of hydrogen-bond donors (Lipinski definition) is 1. The van der Waals surface area contributed by atoms with Crippen LogP contribution in [0.1, 0.15) is 6.92 Å². The summed E-state index contributed by atoms with van der Waals surface area (Å²) in [6.07, 6.45) is 0.712. The fourth-order valence-corrected chi connectivity index (χ4v) is 1.20. The van der Waals surface area contributed by atoms with Crippen molar-refractivity contribution in [3.05, 3.63) is 10.1 Å². The molecule has 1 aliphatic heterocycles. The number of amides is 1. The van der Waals surface area contributed by atoms with Gasteiger partial charge in [-0.1, -0.05) is 23.2 Å². The van der Waals surface area contributed by atoms with Crippen LogP contribution >= 0.6 is 23.2 Å². The highest BCUT2D eigenvalue weighted by Gasteiger charge is 2.25. The molecule has 0 fully saturated rings. The molecule has 1 amide bonds. The van der Waals surface area contributed by atoms with E-state index in [0.29, 0.717) is 6.29 Å². The Bertz CT molecular complexity index is 278. The molecule has 0 bridgehead atoms. The van der Waals surface area contributed by atoms with Crippen molar-refractivity contribution in [3.63, 3.8) is 0 Å². The van der Waals surface area contributed by atoms with Gasteiger partial charge >= 0.3 is 0 Å². The number of halogens is 2. The van der Waals surface area contributed by atoms with Gasteiger partial charge in [-0.2, -0.15) is 0 Å². The van der Waals surface area contributed by atoms with Crippen molar-refractivity contribution in [3.8, 4) is 0 Å². The van der Waals surface area contributed by atoms with Crippen LogP contribution in [0, 0.1) is 0 Å². The number of carbonyl (C=O) groups is 2. The van der Waals surface area contributed by atoms with Crippen molar-refractivity contribution in [2.24, 2.45) is 0 Å². The lowest BCUT2D eigenvalue weighted by molar-refractivity contribution is -0.125. The minimum absolute atomic E-state index is 0.0176. The number of hydrazine groups is 1. The van der Waals surface area contributed by atoms with Crippen LogP contribution in [0.4, 0.5) is 0 Å². The van der Waals surface area contributed by atoms with Crippen LogP contribution < -0.4 is 5.43 Å². The van der Waals surface area contributed by atoms with Gasteiger partial charge in [0.2, 0.25) is 0 Å². The van der Waals surface area contributed by atoms with Gasteiger partial charge in [0.1, 0.15) is 11.3 Å². The second kappa shape index (κ2) is 4.09. The Morgan fingerprint density at radius 2 is 2.23 bits per heavy atom. The topological polar surface area (TPSA) is 49.4 Å². The van der Waals surface area contributed by atoms with Gasteiger partial charge in [-0.05, 0) is 6.92 Å². The number of nitrogens with one attached hydrogen (secondary N) is 1. The molecule has 6 heteroatoms. The molecule has 0 aromatic heterocycles. The molecule has 0 radical (unpaired) electrons. The van der Waals surface area contributed by atoms with Gasteiger partial charge in [0, 0.05) is 0 Å². The summed E-state index contributed by atoms with van der Waals surface area (Å²) in [4.78, 5) is 21.5. The van der Waals surface area contributed by atoms with Crippen LogP contribution in [0.3, 0.4) is 0 Å². The van der Waals surface area contributed by atoms with Crippen LogP contribution in [0.5, 0.6) is 0 Å². The Kier molecular flexibility index (Phi) is 3.30. The summed E-state index contributed by atoms with van der Waals surface area (Å²) in [7, 11) is 0. The Labute approximate surface area is 85.4 Å². The molecule has 0 aromatic carbocycles. The highest BCUT2D eigenvalue weighted by molar-refractivity contribution is 6.48. The average molecular weight is 223 g/mol. The van der Waals surface area contributed by atoms with E-state index in [2.05, 4.69) is 5.43 Å². The molecule has 13 heavy (non-hydrogen) atoms. The zero-order valence-electron chi connectivity index (χ0n) is 6.88. The number of carbonyl (C=O) groups excluding carboxylic acids is 2. The second-order valence-electron chi connectivity index (χ2n) is 2.66. The third-order valence-electron chi connectivity index (χ3n) is 1.68. The molecule has 0 saturated carbocycles. The summed E-state index contributed by atoms with van der Waals surface area (Å²) >= 11 is 11.2. The molecule has 0 saturated heterocycles. The van der Waals surface area contributed by atoms with E-state index in [4.69, 9.17) is 23.2 Å². The first-order valence-corrected chi connectivity index (χ1v) is 4.39. The number of rotatable bonds is 2. The van der Waals surface area contributed by atoms with Gasteiger partial charge in [-0.3, -0.25) is 10.2 Å². The third kappa shape index (κ3) is 2.21. The van der Waals surface area contributed by atoms with Crippen molar-refractivity contribution in [1.82, 2.24) is 10.4 Å². The smallest absolute Gasteiger partial charge is 0.278 e. The highest BCUT2D eigenvalue weighted by atomic mass is 35.5. The van der Waals surface area contributed by atoms with Gasteiger partial charge in [-0.25, -0.2) is 5.01 Å². The molecular formula is C7H8Cl2N2O2. The normalized spacial score (nSPS) is 21.3. The van der Waals surface area contributed by atoms with Gasteiger partial charge in [0.05, 0.1) is 17.6 Å². The van der Waals surface area contributed by atoms with E-state index in [1.807, 2.05) is 0 Å². The molecular weight excluding hydrogens is 215 g/mol. The van der Waals surface area contributed by atoms with E-state index < -0.39 is 11.9 Å². The van der Waals surface area contributed by atoms with Crippen molar-refractivity contribution in [1.29, 1.82) is 0 Å². The van der Waals surface area contributed by atoms with Crippen LogP contribution in [0.25, 0.3) is 0 Å². The maximum atomic E-state index is 11.1. The fraction of sp³-hybridized carbons (Fsp3) is 0.429. The molecule has 1 heterocycles. The van der Waals surface area contributed by atoms with Crippen LogP contribution in [0.2, 0.25) is 0 Å². The monoisotopic (exact) mass is 222 g/mol. The van der Waals surface area contributed by atoms with Crippen molar-refractivity contribution < 1.29 is 9.59 Å². The highest BCUT2D eigenvalue weighted by Crippen LogP contribution is 2.19. The number of aldehydes is 1. The summed E-state index contributed by atoms with van der Waals surface area (Å²) in [6.45, 7) is 1.91. The van der Waals surface area contributed by atoms with E-state index in [1.165, 1.54) is 5.01 Å². The number of nitrogens with zero attached hydrogens (tertiary/aromatic N) is 1. The van der Waals surface area contributed by atoms with Gasteiger partial charge in [0.15, 0.2) is 0 Å². The standard InChI is InChI=1S/C7H8Cl2N2O2/c1-4(3-12)11-2-5(8)6(9)7(13)10-11/h3-4H,2H2,1H3,(H,10,13). The quantitative estimate of drug-likeness (QED) is 0.697. The van der Waals surface area contributed by atoms with Gasteiger partial charge in [0.25, 0.3) is 5.91 Å². The first kappa shape index (κ1) is 10.5. The third-order valence-corrected chi connectivity index (χ3v) is 2.49. The zero-order chi connectivity index (χ0) is 10.0. The van der Waals surface area contributed by atoms with E-state index >= 15 is 0 Å². The SMILES string of the molecule is CC(C=O)N1CC(Cl)=C(Cl)C(=O)N1. The minimum atomic E-state index is -0.480. The first-order valence-electron chi connectivity index (χ1n) is 3.63. The van der Waals surface area contributed by atoms with E-state index in [-0.39, 0.29) is 16.6 Å². The van der Waals surface area contributed by atoms with Crippen molar-refractivity contribution in [2.45, 2.75) is 13.0 Å². The Balaban J connectivity index is 2.79.